The third-order valence-electron chi connectivity index (χ3n) is 8.82. The minimum absolute atomic E-state index is 0.0731. The monoisotopic (exact) mass is 796 g/mol. The molecule has 4 atom stereocenters. The molecule has 1 aromatic carbocycles. The number of aryl methyl sites for hydroxylation is 1. The van der Waals surface area contributed by atoms with Crippen molar-refractivity contribution in [2.75, 3.05) is 26.3 Å². The van der Waals surface area contributed by atoms with Gasteiger partial charge in [-0.15, -0.1) is 10.2 Å². The summed E-state index contributed by atoms with van der Waals surface area (Å²) < 4.78 is 15.2. The standard InChI is InChI=1S/C35H49FN14O7/c36-13-6-10-23-19-49(47-45-23)21-30(52)39-14-5-4-12-28-34(57)43-24(11-7-15-40-35(37)38)32(55)41-18-29(51)42-26(17-31(53)54)33(56)44-25(27-20-50(28)48-46-27)16-22-8-2-1-3-9-22/h1-3,8-9,19-20,24-26,28H,4-7,10-18,21H2,(H,39,52)(H,41,55)(H,42,51)(H,43,57)(H,44,56)(H,53,54)(H4,37,38,40)/t24-,25-,26-,28-/m0/s1. The first kappa shape index (κ1) is 43.3. The van der Waals surface area contributed by atoms with Crippen LogP contribution >= 0.6 is 0 Å². The number of halogens is 1. The maximum absolute atomic E-state index is 14.0. The third-order valence-corrected chi connectivity index (χ3v) is 8.82. The zero-order valence-electron chi connectivity index (χ0n) is 31.3. The molecule has 10 N–H and O–H groups in total. The number of alkyl halides is 1. The van der Waals surface area contributed by atoms with Crippen molar-refractivity contribution >= 4 is 41.5 Å². The number of nitrogens with one attached hydrogen (secondary N) is 5. The minimum Gasteiger partial charge on any atom is -0.481 e. The molecule has 4 rings (SSSR count). The van der Waals surface area contributed by atoms with Gasteiger partial charge in [-0.2, -0.15) is 0 Å². The van der Waals surface area contributed by atoms with Crippen molar-refractivity contribution in [2.24, 2.45) is 16.5 Å². The fourth-order valence-corrected chi connectivity index (χ4v) is 5.97. The summed E-state index contributed by atoms with van der Waals surface area (Å²) in [5, 5.41) is 39.1. The molecule has 0 aliphatic carbocycles. The zero-order valence-corrected chi connectivity index (χ0v) is 31.3. The van der Waals surface area contributed by atoms with Gasteiger partial charge >= 0.3 is 5.97 Å². The molecule has 0 saturated carbocycles. The number of rotatable bonds is 18. The van der Waals surface area contributed by atoms with Gasteiger partial charge in [0.15, 0.2) is 5.96 Å². The molecular formula is C35H49FN14O7. The number of aromatic nitrogens is 6. The third kappa shape index (κ3) is 14.6. The van der Waals surface area contributed by atoms with Crippen molar-refractivity contribution in [3.63, 3.8) is 0 Å². The number of guanidine groups is 1. The number of hydrogen-bond acceptors (Lipinski definition) is 11. The molecule has 1 aliphatic rings. The average Bonchev–Trinajstić information content (AvgIpc) is 3.84. The molecule has 22 heteroatoms. The minimum atomic E-state index is -1.50. The number of unbranched alkanes of at least 4 members (excludes halogenated alkanes) is 1. The molecular weight excluding hydrogens is 747 g/mol. The number of aliphatic imine (C=N–C) groups is 1. The molecule has 2 bridgehead atoms. The maximum atomic E-state index is 14.0. The topological polar surface area (TPSA) is 309 Å². The van der Waals surface area contributed by atoms with Crippen molar-refractivity contribution < 1.29 is 38.3 Å². The first-order valence-corrected chi connectivity index (χ1v) is 18.5. The summed E-state index contributed by atoms with van der Waals surface area (Å²) in [7, 11) is 0. The number of carbonyl (C=O) groups is 6. The van der Waals surface area contributed by atoms with Crippen molar-refractivity contribution in [1.29, 1.82) is 0 Å². The van der Waals surface area contributed by atoms with E-state index in [-0.39, 0.29) is 62.9 Å². The smallest absolute Gasteiger partial charge is 0.305 e. The Bertz CT molecular complexity index is 1850. The van der Waals surface area contributed by atoms with Crippen LogP contribution in [-0.4, -0.2) is 115 Å². The van der Waals surface area contributed by atoms with Crippen molar-refractivity contribution in [2.45, 2.75) is 88.5 Å². The molecule has 3 aromatic rings. The number of carboxylic acid groups (broad SMARTS) is 1. The van der Waals surface area contributed by atoms with E-state index in [0.717, 1.165) is 5.56 Å². The predicted octanol–water partition coefficient (Wildman–Crippen LogP) is -1.67. The lowest BCUT2D eigenvalue weighted by atomic mass is 10.0. The Morgan fingerprint density at radius 3 is 2.40 bits per heavy atom. The van der Waals surface area contributed by atoms with Gasteiger partial charge in [0.05, 0.1) is 37.6 Å². The van der Waals surface area contributed by atoms with Crippen LogP contribution in [0.5, 0.6) is 0 Å². The van der Waals surface area contributed by atoms with Crippen molar-refractivity contribution in [1.82, 2.24) is 56.6 Å². The van der Waals surface area contributed by atoms with Crippen LogP contribution in [0.25, 0.3) is 0 Å². The number of nitrogens with zero attached hydrogens (tertiary/aromatic N) is 7. The van der Waals surface area contributed by atoms with Crippen LogP contribution in [0.3, 0.4) is 0 Å². The number of amides is 5. The molecule has 0 radical (unpaired) electrons. The van der Waals surface area contributed by atoms with Crippen molar-refractivity contribution in [3.05, 3.63) is 59.7 Å². The lowest BCUT2D eigenvalue weighted by Gasteiger charge is -2.24. The fraction of sp³-hybridized carbons (Fsp3) is 0.514. The van der Waals surface area contributed by atoms with Crippen LogP contribution in [0, 0.1) is 0 Å². The fourth-order valence-electron chi connectivity index (χ4n) is 5.97. The quantitative estimate of drug-likeness (QED) is 0.0406. The van der Waals surface area contributed by atoms with E-state index in [2.05, 4.69) is 52.2 Å². The van der Waals surface area contributed by atoms with Gasteiger partial charge in [-0.1, -0.05) is 40.8 Å². The Morgan fingerprint density at radius 1 is 0.895 bits per heavy atom. The van der Waals surface area contributed by atoms with E-state index < -0.39 is 73.4 Å². The lowest BCUT2D eigenvalue weighted by molar-refractivity contribution is -0.141. The molecule has 308 valence electrons. The summed E-state index contributed by atoms with van der Waals surface area (Å²) in [6.45, 7) is -0.768. The van der Waals surface area contributed by atoms with Gasteiger partial charge in [-0.3, -0.25) is 38.2 Å². The van der Waals surface area contributed by atoms with E-state index in [1.165, 1.54) is 15.6 Å². The number of aliphatic carboxylic acids is 1. The molecule has 3 heterocycles. The van der Waals surface area contributed by atoms with Gasteiger partial charge in [0.2, 0.25) is 29.5 Å². The SMILES string of the molecule is NC(N)=NCCC[C@@H]1NC(=O)[C@H](CCCCNC(=O)Cn2cc(CCCF)nn2)n2cc(nn2)[C@H](Cc2ccccc2)NC(=O)[C@H](CC(=O)O)NC(=O)CNC1=O. The lowest BCUT2D eigenvalue weighted by Crippen LogP contribution is -2.53. The second-order valence-corrected chi connectivity index (χ2v) is 13.4. The van der Waals surface area contributed by atoms with E-state index in [1.807, 2.05) is 30.3 Å². The van der Waals surface area contributed by atoms with Gasteiger partial charge in [-0.05, 0) is 56.9 Å². The van der Waals surface area contributed by atoms with Crippen molar-refractivity contribution in [3.8, 4) is 0 Å². The molecule has 21 nitrogen and oxygen atoms in total. The first-order chi connectivity index (χ1) is 27.4. The Balaban J connectivity index is 1.56. The second-order valence-electron chi connectivity index (χ2n) is 13.4. The van der Waals surface area contributed by atoms with Gasteiger partial charge in [0.25, 0.3) is 0 Å². The summed E-state index contributed by atoms with van der Waals surface area (Å²) in [4.78, 5) is 82.1. The van der Waals surface area contributed by atoms with E-state index in [9.17, 15) is 38.3 Å². The maximum Gasteiger partial charge on any atom is 0.305 e. The molecule has 0 unspecified atom stereocenters. The van der Waals surface area contributed by atoms with Crippen LogP contribution in [-0.2, 0) is 48.2 Å². The first-order valence-electron chi connectivity index (χ1n) is 18.5. The van der Waals surface area contributed by atoms with E-state index in [4.69, 9.17) is 11.5 Å². The highest BCUT2D eigenvalue weighted by Crippen LogP contribution is 2.21. The molecule has 0 saturated heterocycles. The summed E-state index contributed by atoms with van der Waals surface area (Å²) in [6.07, 6.45) is 4.66. The highest BCUT2D eigenvalue weighted by molar-refractivity contribution is 5.94. The highest BCUT2D eigenvalue weighted by Gasteiger charge is 2.32. The number of hydrogen-bond donors (Lipinski definition) is 8. The van der Waals surface area contributed by atoms with Gasteiger partial charge in [0, 0.05) is 19.3 Å². The van der Waals surface area contributed by atoms with Crippen LogP contribution in [0.4, 0.5) is 4.39 Å². The highest BCUT2D eigenvalue weighted by atomic mass is 19.1. The zero-order chi connectivity index (χ0) is 41.2. The summed E-state index contributed by atoms with van der Waals surface area (Å²) in [5.74, 6) is -4.78. The van der Waals surface area contributed by atoms with Gasteiger partial charge < -0.3 is 43.2 Å². The number of carboxylic acids is 1. The Hall–Kier alpha value is -6.48. The van der Waals surface area contributed by atoms with E-state index in [1.54, 1.807) is 6.20 Å². The van der Waals surface area contributed by atoms with Crippen LogP contribution in [0.2, 0.25) is 0 Å². The summed E-state index contributed by atoms with van der Waals surface area (Å²) >= 11 is 0. The molecule has 5 amide bonds. The number of benzene rings is 1. The number of carbonyl (C=O) groups excluding carboxylic acids is 5. The Labute approximate surface area is 327 Å². The normalized spacial score (nSPS) is 19.1. The molecule has 0 fully saturated rings. The Morgan fingerprint density at radius 2 is 1.67 bits per heavy atom. The van der Waals surface area contributed by atoms with Crippen LogP contribution in [0.15, 0.2) is 47.7 Å². The molecule has 1 aliphatic heterocycles. The molecule has 57 heavy (non-hydrogen) atoms. The van der Waals surface area contributed by atoms with Crippen LogP contribution < -0.4 is 38.1 Å². The summed E-state index contributed by atoms with van der Waals surface area (Å²) in [5.41, 5.74) is 12.5. The van der Waals surface area contributed by atoms with Gasteiger partial charge in [0.1, 0.15) is 30.4 Å². The number of fused-ring (bicyclic) bond motifs is 2. The summed E-state index contributed by atoms with van der Waals surface area (Å²) in [6, 6.07) is 4.56. The average molecular weight is 797 g/mol. The van der Waals surface area contributed by atoms with Gasteiger partial charge in [-0.25, -0.2) is 9.36 Å². The van der Waals surface area contributed by atoms with Crippen LogP contribution in [0.1, 0.15) is 74.0 Å². The molecule has 0 spiro atoms. The second kappa shape index (κ2) is 22.2. The van der Waals surface area contributed by atoms with E-state index >= 15 is 0 Å². The Kier molecular flexibility index (Phi) is 16.8. The largest absolute Gasteiger partial charge is 0.481 e. The molecule has 2 aromatic heterocycles. The van der Waals surface area contributed by atoms with E-state index in [0.29, 0.717) is 31.4 Å². The number of nitrogens with two attached hydrogens (primary N) is 2. The predicted molar refractivity (Wildman–Crippen MR) is 200 cm³/mol.